The molecule has 1 saturated carbocycles. The van der Waals surface area contributed by atoms with E-state index in [4.69, 9.17) is 0 Å². The Morgan fingerprint density at radius 2 is 1.61 bits per heavy atom. The summed E-state index contributed by atoms with van der Waals surface area (Å²) in [5.41, 5.74) is 2.54. The van der Waals surface area contributed by atoms with Crippen LogP contribution >= 0.6 is 0 Å². The van der Waals surface area contributed by atoms with E-state index in [1.807, 2.05) is 59.5 Å². The van der Waals surface area contributed by atoms with Gasteiger partial charge in [-0.3, -0.25) is 9.59 Å². The Kier molecular flexibility index (Phi) is 5.60. The summed E-state index contributed by atoms with van der Waals surface area (Å²) >= 11 is 0. The van der Waals surface area contributed by atoms with Gasteiger partial charge in [0.25, 0.3) is 0 Å². The first-order valence-electron chi connectivity index (χ1n) is 10.2. The minimum atomic E-state index is -0.436. The van der Waals surface area contributed by atoms with E-state index in [0.29, 0.717) is 0 Å². The van der Waals surface area contributed by atoms with Crippen LogP contribution in [0.5, 0.6) is 0 Å². The number of hydrogen-bond acceptors (Lipinski definition) is 3. The number of carbonyl (C=O) groups is 2. The minimum absolute atomic E-state index is 0.0844. The summed E-state index contributed by atoms with van der Waals surface area (Å²) in [6.45, 7) is 1.64. The molecule has 1 aliphatic heterocycles. The standard InChI is InChI=1S/C23H27N3O2/c27-22(18-12-13-18)25-20-11-7-10-19(16-20)24-21(17-8-3-1-4-9-17)23(28)26-14-5-2-6-15-26/h1,3-4,7-11,16,18,21,24H,2,5-6,12-15H2,(H,25,27). The molecule has 2 fully saturated rings. The summed E-state index contributed by atoms with van der Waals surface area (Å²) in [7, 11) is 0. The molecule has 2 aliphatic rings. The van der Waals surface area contributed by atoms with Crippen LogP contribution < -0.4 is 10.6 Å². The zero-order valence-corrected chi connectivity index (χ0v) is 16.1. The number of nitrogens with one attached hydrogen (secondary N) is 2. The predicted octanol–water partition coefficient (Wildman–Crippen LogP) is 4.20. The Morgan fingerprint density at radius 3 is 2.32 bits per heavy atom. The van der Waals surface area contributed by atoms with Gasteiger partial charge in [0.2, 0.25) is 11.8 Å². The fourth-order valence-electron chi connectivity index (χ4n) is 3.67. The highest BCUT2D eigenvalue weighted by molar-refractivity contribution is 5.94. The molecular formula is C23H27N3O2. The maximum absolute atomic E-state index is 13.3. The Morgan fingerprint density at radius 1 is 0.893 bits per heavy atom. The van der Waals surface area contributed by atoms with E-state index in [9.17, 15) is 9.59 Å². The van der Waals surface area contributed by atoms with Crippen molar-refractivity contribution in [3.8, 4) is 0 Å². The molecule has 28 heavy (non-hydrogen) atoms. The molecule has 1 aliphatic carbocycles. The van der Waals surface area contributed by atoms with Gasteiger partial charge in [0, 0.05) is 30.4 Å². The highest BCUT2D eigenvalue weighted by Gasteiger charge is 2.30. The van der Waals surface area contributed by atoms with Crippen LogP contribution in [0.3, 0.4) is 0 Å². The number of carbonyl (C=O) groups excluding carboxylic acids is 2. The first-order valence-corrected chi connectivity index (χ1v) is 10.2. The summed E-state index contributed by atoms with van der Waals surface area (Å²) in [5.74, 6) is 0.355. The molecule has 2 aromatic rings. The number of benzene rings is 2. The maximum atomic E-state index is 13.3. The molecule has 5 nitrogen and oxygen atoms in total. The summed E-state index contributed by atoms with van der Waals surface area (Å²) in [6.07, 6.45) is 5.27. The van der Waals surface area contributed by atoms with Crippen molar-refractivity contribution in [3.05, 3.63) is 60.2 Å². The zero-order chi connectivity index (χ0) is 19.3. The van der Waals surface area contributed by atoms with Crippen molar-refractivity contribution in [2.75, 3.05) is 23.7 Å². The normalized spacial score (nSPS) is 17.6. The van der Waals surface area contributed by atoms with E-state index >= 15 is 0 Å². The van der Waals surface area contributed by atoms with Crippen molar-refractivity contribution < 1.29 is 9.59 Å². The largest absolute Gasteiger partial charge is 0.370 e. The van der Waals surface area contributed by atoms with E-state index in [0.717, 1.165) is 55.7 Å². The molecule has 2 aromatic carbocycles. The average molecular weight is 377 g/mol. The second kappa shape index (κ2) is 8.46. The molecule has 2 N–H and O–H groups in total. The quantitative estimate of drug-likeness (QED) is 0.793. The number of nitrogens with zero attached hydrogens (tertiary/aromatic N) is 1. The molecule has 146 valence electrons. The van der Waals surface area contributed by atoms with Gasteiger partial charge in [-0.2, -0.15) is 0 Å². The van der Waals surface area contributed by atoms with E-state index in [-0.39, 0.29) is 17.7 Å². The third-order valence-electron chi connectivity index (χ3n) is 5.44. The van der Waals surface area contributed by atoms with Crippen LogP contribution in [-0.4, -0.2) is 29.8 Å². The number of amides is 2. The molecule has 1 saturated heterocycles. The van der Waals surface area contributed by atoms with E-state index < -0.39 is 6.04 Å². The average Bonchev–Trinajstić information content (AvgIpc) is 3.59. The van der Waals surface area contributed by atoms with Gasteiger partial charge in [0.15, 0.2) is 0 Å². The van der Waals surface area contributed by atoms with Gasteiger partial charge in [-0.15, -0.1) is 0 Å². The minimum Gasteiger partial charge on any atom is -0.370 e. The summed E-state index contributed by atoms with van der Waals surface area (Å²) in [6, 6.07) is 17.0. The fraction of sp³-hybridized carbons (Fsp3) is 0.391. The van der Waals surface area contributed by atoms with Gasteiger partial charge in [-0.05, 0) is 55.9 Å². The number of hydrogen-bond donors (Lipinski definition) is 2. The van der Waals surface area contributed by atoms with Gasteiger partial charge in [0.1, 0.15) is 6.04 Å². The smallest absolute Gasteiger partial charge is 0.249 e. The van der Waals surface area contributed by atoms with Crippen LogP contribution in [0.4, 0.5) is 11.4 Å². The lowest BCUT2D eigenvalue weighted by Crippen LogP contribution is -2.41. The van der Waals surface area contributed by atoms with Crippen LogP contribution in [0.25, 0.3) is 0 Å². The van der Waals surface area contributed by atoms with Crippen molar-refractivity contribution >= 4 is 23.2 Å². The van der Waals surface area contributed by atoms with Crippen molar-refractivity contribution in [2.45, 2.75) is 38.1 Å². The number of piperidine rings is 1. The molecule has 1 unspecified atom stereocenters. The van der Waals surface area contributed by atoms with Crippen LogP contribution in [0.15, 0.2) is 54.6 Å². The van der Waals surface area contributed by atoms with Crippen molar-refractivity contribution in [1.82, 2.24) is 4.90 Å². The first-order chi connectivity index (χ1) is 13.7. The Labute approximate surface area is 166 Å². The van der Waals surface area contributed by atoms with Crippen molar-refractivity contribution in [1.29, 1.82) is 0 Å². The monoisotopic (exact) mass is 377 g/mol. The first kappa shape index (κ1) is 18.5. The highest BCUT2D eigenvalue weighted by atomic mass is 16.2. The topological polar surface area (TPSA) is 61.4 Å². The lowest BCUT2D eigenvalue weighted by molar-refractivity contribution is -0.133. The van der Waals surface area contributed by atoms with E-state index in [1.165, 1.54) is 6.42 Å². The molecule has 1 atom stereocenters. The van der Waals surface area contributed by atoms with Gasteiger partial charge >= 0.3 is 0 Å². The molecule has 1 heterocycles. The lowest BCUT2D eigenvalue weighted by atomic mass is 10.0. The zero-order valence-electron chi connectivity index (χ0n) is 16.1. The fourth-order valence-corrected chi connectivity index (χ4v) is 3.67. The second-order valence-electron chi connectivity index (χ2n) is 7.72. The van der Waals surface area contributed by atoms with Crippen molar-refractivity contribution in [2.24, 2.45) is 5.92 Å². The van der Waals surface area contributed by atoms with Gasteiger partial charge in [0.05, 0.1) is 0 Å². The van der Waals surface area contributed by atoms with Crippen LogP contribution in [-0.2, 0) is 9.59 Å². The Bertz CT molecular complexity index is 827. The van der Waals surface area contributed by atoms with E-state index in [2.05, 4.69) is 10.6 Å². The third-order valence-corrected chi connectivity index (χ3v) is 5.44. The molecular weight excluding hydrogens is 350 g/mol. The maximum Gasteiger partial charge on any atom is 0.249 e. The Hall–Kier alpha value is -2.82. The molecule has 0 radical (unpaired) electrons. The molecule has 2 amide bonds. The molecule has 0 bridgehead atoms. The molecule has 4 rings (SSSR count). The number of anilines is 2. The van der Waals surface area contributed by atoms with E-state index in [1.54, 1.807) is 0 Å². The molecule has 0 spiro atoms. The van der Waals surface area contributed by atoms with Crippen LogP contribution in [0.2, 0.25) is 0 Å². The number of rotatable bonds is 6. The predicted molar refractivity (Wildman–Crippen MR) is 111 cm³/mol. The van der Waals surface area contributed by atoms with Gasteiger partial charge in [-0.25, -0.2) is 0 Å². The molecule has 0 aromatic heterocycles. The molecule has 5 heteroatoms. The highest BCUT2D eigenvalue weighted by Crippen LogP contribution is 2.31. The van der Waals surface area contributed by atoms with Crippen LogP contribution in [0, 0.1) is 5.92 Å². The second-order valence-corrected chi connectivity index (χ2v) is 7.72. The van der Waals surface area contributed by atoms with Crippen LogP contribution in [0.1, 0.15) is 43.7 Å². The van der Waals surface area contributed by atoms with Gasteiger partial charge < -0.3 is 15.5 Å². The summed E-state index contributed by atoms with van der Waals surface area (Å²) in [5, 5.41) is 6.38. The SMILES string of the molecule is O=C(Nc1cccc(NC(C(=O)N2CCCCC2)c2ccccc2)c1)C1CC1. The van der Waals surface area contributed by atoms with Gasteiger partial charge in [-0.1, -0.05) is 36.4 Å². The third kappa shape index (κ3) is 4.53. The summed E-state index contributed by atoms with van der Waals surface area (Å²) in [4.78, 5) is 27.3. The summed E-state index contributed by atoms with van der Waals surface area (Å²) < 4.78 is 0. The number of likely N-dealkylation sites (tertiary alicyclic amines) is 1. The Balaban J connectivity index is 1.53. The van der Waals surface area contributed by atoms with Crippen molar-refractivity contribution in [3.63, 3.8) is 0 Å². The lowest BCUT2D eigenvalue weighted by Gasteiger charge is -2.31.